The van der Waals surface area contributed by atoms with Crippen molar-refractivity contribution in [2.75, 3.05) is 6.61 Å². The van der Waals surface area contributed by atoms with Gasteiger partial charge >= 0.3 is 0 Å². The highest BCUT2D eigenvalue weighted by Crippen LogP contribution is 2.22. The Kier molecular flexibility index (Phi) is 1.79. The summed E-state index contributed by atoms with van der Waals surface area (Å²) in [6, 6.07) is 0. The Morgan fingerprint density at radius 2 is 2.20 bits per heavy atom. The van der Waals surface area contributed by atoms with Crippen molar-refractivity contribution in [1.29, 1.82) is 0 Å². The monoisotopic (exact) mass is 144 g/mol. The molecule has 1 aliphatic heterocycles. The van der Waals surface area contributed by atoms with Crippen LogP contribution in [0.25, 0.3) is 0 Å². The second-order valence-electron chi connectivity index (χ2n) is 2.93. The van der Waals surface area contributed by atoms with E-state index in [1.165, 1.54) is 6.92 Å². The van der Waals surface area contributed by atoms with Crippen molar-refractivity contribution >= 4 is 5.78 Å². The average molecular weight is 144 g/mol. The molecule has 0 aromatic carbocycles. The minimum atomic E-state index is -0.573. The number of ketones is 1. The standard InChI is InChI=1S/C7H12O3/c1-5(8)6-4-9-7(2,3)10-6/h6H,4H2,1-3H3. The summed E-state index contributed by atoms with van der Waals surface area (Å²) in [6.07, 6.45) is -0.352. The van der Waals surface area contributed by atoms with Crippen molar-refractivity contribution in [2.24, 2.45) is 0 Å². The van der Waals surface area contributed by atoms with Gasteiger partial charge in [-0.1, -0.05) is 0 Å². The van der Waals surface area contributed by atoms with Gasteiger partial charge < -0.3 is 9.47 Å². The zero-order valence-electron chi connectivity index (χ0n) is 6.51. The Labute approximate surface area is 60.3 Å². The molecular weight excluding hydrogens is 132 g/mol. The van der Waals surface area contributed by atoms with Crippen molar-refractivity contribution < 1.29 is 14.3 Å². The summed E-state index contributed by atoms with van der Waals surface area (Å²) in [6.45, 7) is 5.50. The minimum absolute atomic E-state index is 0.0329. The summed E-state index contributed by atoms with van der Waals surface area (Å²) in [4.78, 5) is 10.7. The highest BCUT2D eigenvalue weighted by Gasteiger charge is 2.34. The molecule has 10 heavy (non-hydrogen) atoms. The van der Waals surface area contributed by atoms with Gasteiger partial charge in [0.1, 0.15) is 6.10 Å². The van der Waals surface area contributed by atoms with Crippen molar-refractivity contribution in [1.82, 2.24) is 0 Å². The number of Topliss-reactive ketones (excluding diaryl/α,β-unsaturated/α-hetero) is 1. The molecule has 0 saturated carbocycles. The lowest BCUT2D eigenvalue weighted by molar-refractivity contribution is -0.150. The smallest absolute Gasteiger partial charge is 0.163 e. The Morgan fingerprint density at radius 1 is 1.60 bits per heavy atom. The van der Waals surface area contributed by atoms with Crippen LogP contribution in [0.3, 0.4) is 0 Å². The molecule has 0 amide bonds. The molecule has 0 spiro atoms. The van der Waals surface area contributed by atoms with Crippen LogP contribution in [0.4, 0.5) is 0 Å². The zero-order valence-corrected chi connectivity index (χ0v) is 6.51. The number of hydrogen-bond donors (Lipinski definition) is 0. The largest absolute Gasteiger partial charge is 0.347 e. The van der Waals surface area contributed by atoms with Crippen LogP contribution in [0.5, 0.6) is 0 Å². The first-order valence-corrected chi connectivity index (χ1v) is 3.33. The quantitative estimate of drug-likeness (QED) is 0.544. The van der Waals surface area contributed by atoms with Gasteiger partial charge in [0.25, 0.3) is 0 Å². The highest BCUT2D eigenvalue weighted by atomic mass is 16.7. The van der Waals surface area contributed by atoms with E-state index in [1.54, 1.807) is 13.8 Å². The Morgan fingerprint density at radius 3 is 2.40 bits per heavy atom. The van der Waals surface area contributed by atoms with E-state index in [9.17, 15) is 4.79 Å². The van der Waals surface area contributed by atoms with E-state index in [-0.39, 0.29) is 11.9 Å². The van der Waals surface area contributed by atoms with Gasteiger partial charge in [0, 0.05) is 0 Å². The van der Waals surface area contributed by atoms with E-state index >= 15 is 0 Å². The molecule has 1 rings (SSSR count). The topological polar surface area (TPSA) is 35.5 Å². The van der Waals surface area contributed by atoms with E-state index in [0.717, 1.165) is 0 Å². The number of carbonyl (C=O) groups excluding carboxylic acids is 1. The first kappa shape index (κ1) is 7.69. The van der Waals surface area contributed by atoms with Crippen LogP contribution < -0.4 is 0 Å². The third kappa shape index (κ3) is 1.55. The number of hydrogen-bond acceptors (Lipinski definition) is 3. The fraction of sp³-hybridized carbons (Fsp3) is 0.857. The Bertz CT molecular complexity index is 151. The SMILES string of the molecule is CC(=O)C1COC(C)(C)O1. The van der Waals surface area contributed by atoms with E-state index in [4.69, 9.17) is 9.47 Å². The molecule has 1 unspecified atom stereocenters. The van der Waals surface area contributed by atoms with Crippen molar-refractivity contribution in [3.05, 3.63) is 0 Å². The summed E-state index contributed by atoms with van der Waals surface area (Å²) >= 11 is 0. The Hall–Kier alpha value is -0.410. The summed E-state index contributed by atoms with van der Waals surface area (Å²) in [5.74, 6) is -0.540. The normalized spacial score (nSPS) is 30.5. The molecule has 1 heterocycles. The van der Waals surface area contributed by atoms with Crippen LogP contribution in [0, 0.1) is 0 Å². The third-order valence-corrected chi connectivity index (χ3v) is 1.46. The van der Waals surface area contributed by atoms with Gasteiger partial charge in [-0.15, -0.1) is 0 Å². The van der Waals surface area contributed by atoms with Crippen LogP contribution in [-0.2, 0) is 14.3 Å². The van der Waals surface area contributed by atoms with Crippen LogP contribution in [0.1, 0.15) is 20.8 Å². The number of ether oxygens (including phenoxy) is 2. The maximum absolute atomic E-state index is 10.7. The minimum Gasteiger partial charge on any atom is -0.347 e. The molecule has 0 bridgehead atoms. The maximum atomic E-state index is 10.7. The molecule has 1 fully saturated rings. The molecule has 1 saturated heterocycles. The first-order chi connectivity index (χ1) is 4.51. The van der Waals surface area contributed by atoms with E-state index < -0.39 is 5.79 Å². The maximum Gasteiger partial charge on any atom is 0.163 e. The highest BCUT2D eigenvalue weighted by molar-refractivity contribution is 5.80. The fourth-order valence-corrected chi connectivity index (χ4v) is 0.887. The third-order valence-electron chi connectivity index (χ3n) is 1.46. The van der Waals surface area contributed by atoms with Crippen molar-refractivity contribution in [3.63, 3.8) is 0 Å². The van der Waals surface area contributed by atoms with Gasteiger partial charge in [-0.2, -0.15) is 0 Å². The van der Waals surface area contributed by atoms with Gasteiger partial charge in [0.2, 0.25) is 0 Å². The molecule has 58 valence electrons. The molecule has 0 aliphatic carbocycles. The summed E-state index contributed by atoms with van der Waals surface area (Å²) in [7, 11) is 0. The van der Waals surface area contributed by atoms with Crippen LogP contribution in [0.2, 0.25) is 0 Å². The predicted molar refractivity (Wildman–Crippen MR) is 35.6 cm³/mol. The lowest BCUT2D eigenvalue weighted by Gasteiger charge is -2.15. The van der Waals surface area contributed by atoms with E-state index in [0.29, 0.717) is 6.61 Å². The predicted octanol–water partition coefficient (Wildman–Crippen LogP) is 0.727. The first-order valence-electron chi connectivity index (χ1n) is 3.33. The van der Waals surface area contributed by atoms with Crippen molar-refractivity contribution in [2.45, 2.75) is 32.7 Å². The van der Waals surface area contributed by atoms with Crippen LogP contribution in [-0.4, -0.2) is 24.3 Å². The second-order valence-corrected chi connectivity index (χ2v) is 2.93. The van der Waals surface area contributed by atoms with Crippen LogP contribution >= 0.6 is 0 Å². The van der Waals surface area contributed by atoms with Gasteiger partial charge in [0.15, 0.2) is 11.6 Å². The van der Waals surface area contributed by atoms with Gasteiger partial charge in [-0.05, 0) is 20.8 Å². The van der Waals surface area contributed by atoms with Crippen molar-refractivity contribution in [3.8, 4) is 0 Å². The van der Waals surface area contributed by atoms with Gasteiger partial charge in [0.05, 0.1) is 6.61 Å². The molecule has 0 aromatic rings. The molecule has 0 aromatic heterocycles. The van der Waals surface area contributed by atoms with E-state index in [2.05, 4.69) is 0 Å². The molecule has 0 N–H and O–H groups in total. The summed E-state index contributed by atoms with van der Waals surface area (Å²) in [5, 5.41) is 0. The summed E-state index contributed by atoms with van der Waals surface area (Å²) in [5.41, 5.74) is 0. The van der Waals surface area contributed by atoms with Gasteiger partial charge in [-0.25, -0.2) is 0 Å². The second kappa shape index (κ2) is 2.32. The molecule has 0 radical (unpaired) electrons. The summed E-state index contributed by atoms with van der Waals surface area (Å²) < 4.78 is 10.4. The Balaban J connectivity index is 2.51. The lowest BCUT2D eigenvalue weighted by atomic mass is 10.3. The number of rotatable bonds is 1. The lowest BCUT2D eigenvalue weighted by Crippen LogP contribution is -2.24. The molecule has 3 nitrogen and oxygen atoms in total. The molecule has 3 heteroatoms. The number of carbonyl (C=O) groups is 1. The van der Waals surface area contributed by atoms with E-state index in [1.807, 2.05) is 0 Å². The van der Waals surface area contributed by atoms with Crippen LogP contribution in [0.15, 0.2) is 0 Å². The average Bonchev–Trinajstić information content (AvgIpc) is 2.10. The zero-order chi connectivity index (χ0) is 7.78. The van der Waals surface area contributed by atoms with Gasteiger partial charge in [-0.3, -0.25) is 4.79 Å². The fourth-order valence-electron chi connectivity index (χ4n) is 0.887. The molecular formula is C7H12O3. The molecule has 1 aliphatic rings. The molecule has 1 atom stereocenters.